The molecule has 3 aromatic heterocycles. The van der Waals surface area contributed by atoms with Gasteiger partial charge in [-0.05, 0) is 0 Å². The summed E-state index contributed by atoms with van der Waals surface area (Å²) in [5.74, 6) is -3.40. The topological polar surface area (TPSA) is 52.2 Å². The molecule has 1 aliphatic rings. The van der Waals surface area contributed by atoms with Gasteiger partial charge in [0.1, 0.15) is 5.15 Å². The predicted octanol–water partition coefficient (Wildman–Crippen LogP) is 2.81. The van der Waals surface area contributed by atoms with Crippen LogP contribution < -0.4 is 5.56 Å². The van der Waals surface area contributed by atoms with Gasteiger partial charge in [-0.1, -0.05) is 11.6 Å². The maximum atomic E-state index is 13.5. The van der Waals surface area contributed by atoms with Gasteiger partial charge in [-0.15, -0.1) is 0 Å². The molecule has 5 nitrogen and oxygen atoms in total. The first-order valence-corrected chi connectivity index (χ1v) is 6.86. The molecule has 9 heteroatoms. The minimum absolute atomic E-state index is 0.0123. The molecule has 0 spiro atoms. The number of aromatic nitrogens is 4. The Morgan fingerprint density at radius 3 is 2.77 bits per heavy atom. The average molecular weight is 329 g/mol. The van der Waals surface area contributed by atoms with Gasteiger partial charge in [-0.3, -0.25) is 4.79 Å². The molecule has 4 rings (SSSR count). The largest absolute Gasteiger partial charge is 0.311 e. The number of halogens is 4. The Labute approximate surface area is 125 Å². The van der Waals surface area contributed by atoms with Crippen molar-refractivity contribution in [1.29, 1.82) is 0 Å². The van der Waals surface area contributed by atoms with Gasteiger partial charge >= 0.3 is 0 Å². The van der Waals surface area contributed by atoms with Gasteiger partial charge < -0.3 is 4.57 Å². The molecular formula is C13H8ClF3N4O. The lowest BCUT2D eigenvalue weighted by atomic mass is 9.88. The van der Waals surface area contributed by atoms with Crippen molar-refractivity contribution in [2.75, 3.05) is 0 Å². The van der Waals surface area contributed by atoms with E-state index in [9.17, 15) is 18.0 Å². The summed E-state index contributed by atoms with van der Waals surface area (Å²) in [6.07, 6.45) is 1.58. The molecule has 114 valence electrons. The summed E-state index contributed by atoms with van der Waals surface area (Å²) in [6.45, 7) is 0. The highest BCUT2D eigenvalue weighted by Crippen LogP contribution is 2.45. The minimum Gasteiger partial charge on any atom is -0.311 e. The molecule has 1 aliphatic carbocycles. The van der Waals surface area contributed by atoms with Crippen LogP contribution in [0.2, 0.25) is 5.15 Å². The fourth-order valence-electron chi connectivity index (χ4n) is 2.74. The lowest BCUT2D eigenvalue weighted by Crippen LogP contribution is -2.40. The second-order valence-electron chi connectivity index (χ2n) is 5.37. The van der Waals surface area contributed by atoms with E-state index in [4.69, 9.17) is 11.6 Å². The molecule has 0 aromatic carbocycles. The maximum absolute atomic E-state index is 13.5. The van der Waals surface area contributed by atoms with Crippen molar-refractivity contribution in [3.8, 4) is 0 Å². The van der Waals surface area contributed by atoms with Crippen LogP contribution in [0.25, 0.3) is 16.6 Å². The van der Waals surface area contributed by atoms with Crippen molar-refractivity contribution in [2.45, 2.75) is 24.8 Å². The highest BCUT2D eigenvalue weighted by molar-refractivity contribution is 6.34. The standard InChI is InChI=1S/C13H8ClF3N4O/c14-11-7-5-20(6-2-13(16,17)3-6)10(22)1-9(7)21-12(19-11)8(15)4-18-21/h1,4-6H,2-3H2. The van der Waals surface area contributed by atoms with Gasteiger partial charge in [0.15, 0.2) is 11.5 Å². The fourth-order valence-corrected chi connectivity index (χ4v) is 2.96. The third kappa shape index (κ3) is 1.83. The third-order valence-corrected chi connectivity index (χ3v) is 4.16. The van der Waals surface area contributed by atoms with Gasteiger partial charge in [0, 0.05) is 31.1 Å². The lowest BCUT2D eigenvalue weighted by Gasteiger charge is -2.36. The van der Waals surface area contributed by atoms with Crippen LogP contribution in [-0.4, -0.2) is 25.1 Å². The van der Waals surface area contributed by atoms with Crippen LogP contribution in [0.5, 0.6) is 0 Å². The maximum Gasteiger partial charge on any atom is 0.252 e. The molecule has 1 saturated carbocycles. The van der Waals surface area contributed by atoms with E-state index in [0.717, 1.165) is 10.7 Å². The van der Waals surface area contributed by atoms with Crippen LogP contribution >= 0.6 is 11.6 Å². The van der Waals surface area contributed by atoms with Crippen LogP contribution in [0.1, 0.15) is 18.9 Å². The molecule has 1 fully saturated rings. The minimum atomic E-state index is -2.74. The zero-order valence-electron chi connectivity index (χ0n) is 10.9. The Kier molecular flexibility index (Phi) is 2.60. The van der Waals surface area contributed by atoms with Crippen LogP contribution in [0.3, 0.4) is 0 Å². The van der Waals surface area contributed by atoms with Crippen LogP contribution in [0.4, 0.5) is 13.2 Å². The molecule has 0 saturated heterocycles. The molecule has 3 heterocycles. The number of fused-ring (bicyclic) bond motifs is 3. The highest BCUT2D eigenvalue weighted by atomic mass is 35.5. The van der Waals surface area contributed by atoms with Crippen molar-refractivity contribution < 1.29 is 13.2 Å². The van der Waals surface area contributed by atoms with E-state index >= 15 is 0 Å². The highest BCUT2D eigenvalue weighted by Gasteiger charge is 2.46. The van der Waals surface area contributed by atoms with Gasteiger partial charge in [-0.25, -0.2) is 22.7 Å². The Morgan fingerprint density at radius 2 is 2.09 bits per heavy atom. The van der Waals surface area contributed by atoms with Crippen molar-refractivity contribution >= 4 is 28.2 Å². The molecule has 0 N–H and O–H groups in total. The Hall–Kier alpha value is -2.09. The van der Waals surface area contributed by atoms with Gasteiger partial charge in [0.25, 0.3) is 11.5 Å². The van der Waals surface area contributed by atoms with E-state index in [-0.39, 0.29) is 29.2 Å². The van der Waals surface area contributed by atoms with Gasteiger partial charge in [0.05, 0.1) is 17.1 Å². The molecule has 0 radical (unpaired) electrons. The molecular weight excluding hydrogens is 321 g/mol. The van der Waals surface area contributed by atoms with E-state index < -0.39 is 23.3 Å². The van der Waals surface area contributed by atoms with E-state index in [2.05, 4.69) is 10.1 Å². The second-order valence-corrected chi connectivity index (χ2v) is 5.72. The Balaban J connectivity index is 1.96. The van der Waals surface area contributed by atoms with Gasteiger partial charge in [0.2, 0.25) is 0 Å². The van der Waals surface area contributed by atoms with E-state index in [0.29, 0.717) is 5.39 Å². The van der Waals surface area contributed by atoms with Gasteiger partial charge in [-0.2, -0.15) is 5.10 Å². The van der Waals surface area contributed by atoms with Crippen molar-refractivity contribution in [3.63, 3.8) is 0 Å². The number of pyridine rings is 1. The third-order valence-electron chi connectivity index (χ3n) is 3.88. The quantitative estimate of drug-likeness (QED) is 0.645. The van der Waals surface area contributed by atoms with Crippen LogP contribution in [-0.2, 0) is 0 Å². The number of hydrogen-bond acceptors (Lipinski definition) is 3. The molecule has 3 aromatic rings. The van der Waals surface area contributed by atoms with Crippen LogP contribution in [0.15, 0.2) is 23.3 Å². The summed E-state index contributed by atoms with van der Waals surface area (Å²) in [6, 6.07) is 0.631. The Morgan fingerprint density at radius 1 is 1.36 bits per heavy atom. The number of alkyl halides is 2. The smallest absolute Gasteiger partial charge is 0.252 e. The normalized spacial score (nSPS) is 18.0. The number of rotatable bonds is 1. The summed E-state index contributed by atoms with van der Waals surface area (Å²) in [5, 5.41) is 4.15. The summed E-state index contributed by atoms with van der Waals surface area (Å²) < 4.78 is 41.9. The van der Waals surface area contributed by atoms with Crippen molar-refractivity contribution in [2.24, 2.45) is 0 Å². The molecule has 22 heavy (non-hydrogen) atoms. The van der Waals surface area contributed by atoms with Crippen LogP contribution in [0, 0.1) is 5.82 Å². The lowest BCUT2D eigenvalue weighted by molar-refractivity contribution is -0.104. The summed E-state index contributed by atoms with van der Waals surface area (Å²) >= 11 is 6.03. The fraction of sp³-hybridized carbons (Fsp3) is 0.308. The molecule has 0 unspecified atom stereocenters. The first-order valence-electron chi connectivity index (χ1n) is 6.48. The Bertz CT molecular complexity index is 973. The van der Waals surface area contributed by atoms with E-state index in [1.807, 2.05) is 0 Å². The van der Waals surface area contributed by atoms with Crippen molar-refractivity contribution in [1.82, 2.24) is 19.2 Å². The number of nitrogens with zero attached hydrogens (tertiary/aromatic N) is 4. The zero-order valence-corrected chi connectivity index (χ0v) is 11.7. The SMILES string of the molecule is O=c1cc2c(cn1C1CC(F)(F)C1)c(Cl)nc1c(F)cnn12. The first-order chi connectivity index (χ1) is 10.4. The summed E-state index contributed by atoms with van der Waals surface area (Å²) in [7, 11) is 0. The van der Waals surface area contributed by atoms with Crippen molar-refractivity contribution in [3.05, 3.63) is 39.8 Å². The second kappa shape index (κ2) is 4.22. The van der Waals surface area contributed by atoms with E-state index in [1.165, 1.54) is 16.8 Å². The summed E-state index contributed by atoms with van der Waals surface area (Å²) in [4.78, 5) is 16.1. The molecule has 0 aliphatic heterocycles. The monoisotopic (exact) mass is 328 g/mol. The molecule has 0 bridgehead atoms. The first kappa shape index (κ1) is 13.6. The summed E-state index contributed by atoms with van der Waals surface area (Å²) in [5.41, 5.74) is -0.275. The predicted molar refractivity (Wildman–Crippen MR) is 72.9 cm³/mol. The number of hydrogen-bond donors (Lipinski definition) is 0. The zero-order chi connectivity index (χ0) is 15.6. The molecule has 0 amide bonds. The van der Waals surface area contributed by atoms with E-state index in [1.54, 1.807) is 0 Å². The average Bonchev–Trinajstić information content (AvgIpc) is 2.77. The molecule has 0 atom stereocenters.